The number of ether oxygens (including phenoxy) is 2. The van der Waals surface area contributed by atoms with Crippen LogP contribution in [0.3, 0.4) is 0 Å². The number of benzene rings is 2. The molecule has 5 heterocycles. The van der Waals surface area contributed by atoms with Crippen molar-refractivity contribution in [3.63, 3.8) is 0 Å². The lowest BCUT2D eigenvalue weighted by Crippen LogP contribution is -2.39. The summed E-state index contributed by atoms with van der Waals surface area (Å²) in [6.45, 7) is 15.3. The number of cyclic esters (lactones) is 2. The summed E-state index contributed by atoms with van der Waals surface area (Å²) >= 11 is 5.16. The Labute approximate surface area is 448 Å². The van der Waals surface area contributed by atoms with Gasteiger partial charge < -0.3 is 19.3 Å². The predicted molar refractivity (Wildman–Crippen MR) is 285 cm³/mol. The van der Waals surface area contributed by atoms with Gasteiger partial charge in [0.25, 0.3) is 0 Å². The van der Waals surface area contributed by atoms with E-state index in [-0.39, 0.29) is 13.1 Å². The molecule has 0 N–H and O–H groups in total. The van der Waals surface area contributed by atoms with E-state index in [0.717, 1.165) is 101 Å². The predicted octanol–water partition coefficient (Wildman–Crippen LogP) is 16.1. The smallest absolute Gasteiger partial charge is 0.416 e. The maximum Gasteiger partial charge on any atom is 0.416 e. The van der Waals surface area contributed by atoms with Gasteiger partial charge in [-0.3, -0.25) is 9.80 Å². The van der Waals surface area contributed by atoms with Crippen molar-refractivity contribution in [1.29, 1.82) is 0 Å². The van der Waals surface area contributed by atoms with Gasteiger partial charge in [0, 0.05) is 63.6 Å². The summed E-state index contributed by atoms with van der Waals surface area (Å²) in [4.78, 5) is 44.8. The van der Waals surface area contributed by atoms with Gasteiger partial charge in [0.2, 0.25) is 0 Å². The molecule has 75 heavy (non-hydrogen) atoms. The van der Waals surface area contributed by atoms with E-state index in [1.807, 2.05) is 26.1 Å². The Balaban J connectivity index is 0.000000201. The normalized spacial score (nSPS) is 20.7. The maximum atomic E-state index is 13.5. The number of pyridine rings is 2. The molecular formula is C57H67BrF6N6O4S. The quantitative estimate of drug-likeness (QED) is 0.108. The van der Waals surface area contributed by atoms with Gasteiger partial charge in [0.05, 0.1) is 36.3 Å². The summed E-state index contributed by atoms with van der Waals surface area (Å²) < 4.78 is 92.9. The SMILES string of the molecule is CCN(c1ncc(-c2cc(C)cs2)cc1CN1C(=O)O[C@H](c2cc(C)cc(C(F)(F)F)c2)[C@@H]1C)C1CCCCC1.CCN(c1ncc(Br)cc1CN1C(=O)O[C@H](c2cc(C)cc(C(F)(F)F)c2)[C@@H]1C)C1CCCCC1. The third kappa shape index (κ3) is 12.9. The van der Waals surface area contributed by atoms with Crippen LogP contribution in [0, 0.1) is 20.8 Å². The standard InChI is InChI=1S/C31H36F3N3O2S.C26H31BrF3N3O2/c1-5-36(26-9-7-6-8-10-26)29-24(14-23(16-35-29)27-13-20(3)18-40-27)17-37-21(4)28(39-30(37)38)22-11-19(2)12-25(15-22)31(32,33)34;1-4-32(22-8-6-5-7-9-22)24-19(13-21(27)14-31-24)15-33-17(3)23(35-25(33)34)18-10-16(2)11-20(12-18)26(28,29)30/h11-16,18,21,26,28H,5-10,17H2,1-4H3;10-14,17,22-23H,4-9,15H2,1-3H3/t21-,28-;17-,23-/m00/s1. The van der Waals surface area contributed by atoms with Gasteiger partial charge in [-0.2, -0.15) is 26.3 Å². The molecule has 10 nitrogen and oxygen atoms in total. The van der Waals surface area contributed by atoms with Crippen LogP contribution in [-0.4, -0.2) is 69.2 Å². The fourth-order valence-corrected chi connectivity index (χ4v) is 12.6. The molecule has 3 aromatic heterocycles. The van der Waals surface area contributed by atoms with Gasteiger partial charge in [0.1, 0.15) is 23.8 Å². The second-order valence-corrected chi connectivity index (χ2v) is 22.4. The van der Waals surface area contributed by atoms with Gasteiger partial charge in [-0.25, -0.2) is 19.6 Å². The summed E-state index contributed by atoms with van der Waals surface area (Å²) in [7, 11) is 0. The van der Waals surface area contributed by atoms with Crippen molar-refractivity contribution in [2.45, 2.75) is 174 Å². The Kier molecular flexibility index (Phi) is 17.5. The fraction of sp³-hybridized carbons (Fsp3) is 0.509. The van der Waals surface area contributed by atoms with Crippen molar-refractivity contribution in [2.24, 2.45) is 0 Å². The van der Waals surface area contributed by atoms with Gasteiger partial charge in [-0.05, 0) is 155 Å². The van der Waals surface area contributed by atoms with Crippen molar-refractivity contribution in [3.05, 3.63) is 127 Å². The molecule has 0 unspecified atom stereocenters. The number of hydrogen-bond donors (Lipinski definition) is 0. The number of alkyl halides is 6. The van der Waals surface area contributed by atoms with Crippen LogP contribution in [0.5, 0.6) is 0 Å². The molecule has 2 saturated carbocycles. The summed E-state index contributed by atoms with van der Waals surface area (Å²) in [5.41, 5.74) is 4.15. The van der Waals surface area contributed by atoms with Crippen LogP contribution in [0.25, 0.3) is 10.4 Å². The molecule has 0 bridgehead atoms. The minimum atomic E-state index is -4.48. The lowest BCUT2D eigenvalue weighted by Gasteiger charge is -2.36. The molecule has 9 rings (SSSR count). The summed E-state index contributed by atoms with van der Waals surface area (Å²) in [5, 5.41) is 2.10. The van der Waals surface area contributed by atoms with Crippen molar-refractivity contribution < 1.29 is 45.4 Å². The number of aromatic nitrogens is 2. The van der Waals surface area contributed by atoms with Gasteiger partial charge in [-0.1, -0.05) is 61.8 Å². The number of halogens is 7. The molecule has 2 amide bonds. The third-order valence-corrected chi connectivity index (χ3v) is 16.6. The number of carbonyl (C=O) groups excluding carboxylic acids is 2. The number of hydrogen-bond acceptors (Lipinski definition) is 9. The summed E-state index contributed by atoms with van der Waals surface area (Å²) in [6.07, 6.45) is 3.81. The minimum absolute atomic E-state index is 0.262. The molecule has 404 valence electrons. The van der Waals surface area contributed by atoms with Crippen LogP contribution < -0.4 is 9.80 Å². The molecule has 2 aromatic carbocycles. The van der Waals surface area contributed by atoms with E-state index in [4.69, 9.17) is 19.4 Å². The molecule has 4 aliphatic rings. The van der Waals surface area contributed by atoms with Crippen LogP contribution in [0.15, 0.2) is 76.8 Å². The van der Waals surface area contributed by atoms with E-state index in [1.165, 1.54) is 44.1 Å². The maximum absolute atomic E-state index is 13.5. The second kappa shape index (κ2) is 23.5. The molecule has 2 saturated heterocycles. The van der Waals surface area contributed by atoms with E-state index >= 15 is 0 Å². The lowest BCUT2D eigenvalue weighted by atomic mass is 9.93. The monoisotopic (exact) mass is 1120 g/mol. The highest BCUT2D eigenvalue weighted by molar-refractivity contribution is 9.10. The van der Waals surface area contributed by atoms with E-state index in [9.17, 15) is 35.9 Å². The molecule has 0 radical (unpaired) electrons. The van der Waals surface area contributed by atoms with Crippen molar-refractivity contribution in [2.75, 3.05) is 22.9 Å². The molecular weight excluding hydrogens is 1060 g/mol. The first-order chi connectivity index (χ1) is 35.6. The highest BCUT2D eigenvalue weighted by Crippen LogP contribution is 2.42. The van der Waals surface area contributed by atoms with Crippen LogP contribution >= 0.6 is 27.3 Å². The highest BCUT2D eigenvalue weighted by Gasteiger charge is 2.44. The van der Waals surface area contributed by atoms with Gasteiger partial charge in [0.15, 0.2) is 0 Å². The molecule has 2 aliphatic carbocycles. The minimum Gasteiger partial charge on any atom is -0.439 e. The molecule has 4 atom stereocenters. The zero-order chi connectivity index (χ0) is 53.9. The van der Waals surface area contributed by atoms with Gasteiger partial charge in [-0.15, -0.1) is 11.3 Å². The number of anilines is 2. The van der Waals surface area contributed by atoms with E-state index in [1.54, 1.807) is 53.3 Å². The average molecular weight is 1130 g/mol. The van der Waals surface area contributed by atoms with Crippen LogP contribution in [0.4, 0.5) is 47.6 Å². The number of rotatable bonds is 13. The molecule has 2 aliphatic heterocycles. The highest BCUT2D eigenvalue weighted by atomic mass is 79.9. The second-order valence-electron chi connectivity index (χ2n) is 20.6. The van der Waals surface area contributed by atoms with Gasteiger partial charge >= 0.3 is 24.5 Å². The Morgan fingerprint density at radius 2 is 1.05 bits per heavy atom. The van der Waals surface area contributed by atoms with Crippen molar-refractivity contribution in [1.82, 2.24) is 19.8 Å². The molecule has 18 heteroatoms. The van der Waals surface area contributed by atoms with Crippen LogP contribution in [0.1, 0.15) is 154 Å². The Morgan fingerprint density at radius 3 is 1.47 bits per heavy atom. The first-order valence-corrected chi connectivity index (χ1v) is 27.8. The van der Waals surface area contributed by atoms with E-state index in [0.29, 0.717) is 34.3 Å². The zero-order valence-electron chi connectivity index (χ0n) is 43.7. The van der Waals surface area contributed by atoms with Crippen LogP contribution in [-0.2, 0) is 34.9 Å². The number of thiophene rings is 1. The zero-order valence-corrected chi connectivity index (χ0v) is 46.1. The number of amides is 2. The Morgan fingerprint density at radius 1 is 0.613 bits per heavy atom. The fourth-order valence-electron chi connectivity index (χ4n) is 11.4. The Bertz CT molecular complexity index is 2810. The molecule has 0 spiro atoms. The van der Waals surface area contributed by atoms with Crippen molar-refractivity contribution in [3.8, 4) is 10.4 Å². The molecule has 5 aromatic rings. The van der Waals surface area contributed by atoms with Crippen molar-refractivity contribution >= 4 is 51.1 Å². The number of aryl methyl sites for hydroxylation is 3. The summed E-state index contributed by atoms with van der Waals surface area (Å²) in [5.74, 6) is 1.71. The van der Waals surface area contributed by atoms with E-state index in [2.05, 4.69) is 64.0 Å². The van der Waals surface area contributed by atoms with E-state index < -0.39 is 60.0 Å². The first kappa shape index (κ1) is 55.9. The number of nitrogens with zero attached hydrogens (tertiary/aromatic N) is 6. The Hall–Kier alpha value is -5.36. The topological polar surface area (TPSA) is 91.3 Å². The lowest BCUT2D eigenvalue weighted by molar-refractivity contribution is -0.138. The first-order valence-electron chi connectivity index (χ1n) is 26.2. The van der Waals surface area contributed by atoms with Crippen LogP contribution in [0.2, 0.25) is 0 Å². The largest absolute Gasteiger partial charge is 0.439 e. The number of carbonyl (C=O) groups is 2. The summed E-state index contributed by atoms with van der Waals surface area (Å²) in [6, 6.07) is 13.8. The molecule has 4 fully saturated rings. The third-order valence-electron chi connectivity index (χ3n) is 15.1. The average Bonchev–Trinajstić information content (AvgIpc) is 4.03.